The lowest BCUT2D eigenvalue weighted by Gasteiger charge is -2.41. The van der Waals surface area contributed by atoms with E-state index in [9.17, 15) is 4.79 Å². The van der Waals surface area contributed by atoms with Gasteiger partial charge in [-0.2, -0.15) is 0 Å². The van der Waals surface area contributed by atoms with Crippen LogP contribution in [0.25, 0.3) is 0 Å². The third-order valence-corrected chi connectivity index (χ3v) is 4.79. The Morgan fingerprint density at radius 2 is 1.57 bits per heavy atom. The zero-order valence-corrected chi connectivity index (χ0v) is 16.5. The van der Waals surface area contributed by atoms with Crippen molar-refractivity contribution in [2.45, 2.75) is 51.4 Å². The number of allylic oxidation sites excluding steroid dienone is 1. The number of unbranched alkanes of at least 4 members (excludes halogenated alkanes) is 6. The Labute approximate surface area is 153 Å². The molecule has 0 aromatic heterocycles. The van der Waals surface area contributed by atoms with Crippen LogP contribution in [0.4, 0.5) is 0 Å². The van der Waals surface area contributed by atoms with E-state index in [0.717, 1.165) is 56.5 Å². The zero-order valence-electron chi connectivity index (χ0n) is 14.9. The van der Waals surface area contributed by atoms with E-state index in [4.69, 9.17) is 0 Å². The highest BCUT2D eigenvalue weighted by molar-refractivity contribution is 5.76. The van der Waals surface area contributed by atoms with Gasteiger partial charge in [0, 0.05) is 6.42 Å². The van der Waals surface area contributed by atoms with Gasteiger partial charge < -0.3 is 26.4 Å². The highest BCUT2D eigenvalue weighted by Crippen LogP contribution is 2.13. The van der Waals surface area contributed by atoms with E-state index in [0.29, 0.717) is 5.91 Å². The van der Waals surface area contributed by atoms with E-state index in [2.05, 4.69) is 25.1 Å². The molecule has 0 spiro atoms. The molecule has 1 fully saturated rings. The lowest BCUT2D eigenvalue weighted by molar-refractivity contribution is -0.907. The van der Waals surface area contributed by atoms with E-state index < -0.39 is 0 Å². The highest BCUT2D eigenvalue weighted by Gasteiger charge is 2.29. The SMILES string of the molecule is C=CCCCCCCCCC(=O)N1CC[N+](C)(CC=C)CC1.[Br-]. The molecule has 3 nitrogen and oxygen atoms in total. The summed E-state index contributed by atoms with van der Waals surface area (Å²) in [5.41, 5.74) is 0. The van der Waals surface area contributed by atoms with Crippen molar-refractivity contribution in [3.63, 3.8) is 0 Å². The maximum atomic E-state index is 12.2. The molecule has 0 atom stereocenters. The molecule has 0 unspecified atom stereocenters. The maximum Gasteiger partial charge on any atom is 0.222 e. The van der Waals surface area contributed by atoms with Crippen LogP contribution in [0.1, 0.15) is 51.4 Å². The van der Waals surface area contributed by atoms with Crippen molar-refractivity contribution in [3.8, 4) is 0 Å². The van der Waals surface area contributed by atoms with Crippen LogP contribution in [0.15, 0.2) is 25.3 Å². The van der Waals surface area contributed by atoms with Crippen molar-refractivity contribution in [2.24, 2.45) is 0 Å². The standard InChI is InChI=1S/C19H35N2O.BrH/c1-4-6-7-8-9-10-11-12-13-19(22)20-14-17-21(3,16-5-2)18-15-20;/h4-5H,1-2,6-18H2,3H3;1H/q+1;/p-1. The number of quaternary nitrogens is 1. The first-order valence-electron chi connectivity index (χ1n) is 8.94. The number of piperazine rings is 1. The molecule has 4 heteroatoms. The van der Waals surface area contributed by atoms with Gasteiger partial charge >= 0.3 is 0 Å². The van der Waals surface area contributed by atoms with Gasteiger partial charge in [-0.15, -0.1) is 6.58 Å². The van der Waals surface area contributed by atoms with Crippen molar-refractivity contribution in [3.05, 3.63) is 25.3 Å². The largest absolute Gasteiger partial charge is 1.00 e. The van der Waals surface area contributed by atoms with Crippen LogP contribution >= 0.6 is 0 Å². The number of hydrogen-bond donors (Lipinski definition) is 0. The van der Waals surface area contributed by atoms with Crippen LogP contribution in [0.3, 0.4) is 0 Å². The molecule has 1 rings (SSSR count). The number of carbonyl (C=O) groups excluding carboxylic acids is 1. The van der Waals surface area contributed by atoms with Crippen LogP contribution < -0.4 is 17.0 Å². The van der Waals surface area contributed by atoms with E-state index in [1.807, 2.05) is 12.2 Å². The van der Waals surface area contributed by atoms with Crippen LogP contribution in [-0.2, 0) is 4.79 Å². The minimum atomic E-state index is 0. The Morgan fingerprint density at radius 3 is 2.13 bits per heavy atom. The minimum absolute atomic E-state index is 0. The summed E-state index contributed by atoms with van der Waals surface area (Å²) in [6.45, 7) is 12.5. The van der Waals surface area contributed by atoms with Gasteiger partial charge in [-0.05, 0) is 25.3 Å². The number of amides is 1. The lowest BCUT2D eigenvalue weighted by atomic mass is 10.1. The molecule has 0 bridgehead atoms. The summed E-state index contributed by atoms with van der Waals surface area (Å²) in [5, 5.41) is 0. The van der Waals surface area contributed by atoms with Gasteiger partial charge in [-0.1, -0.05) is 38.3 Å². The van der Waals surface area contributed by atoms with Crippen molar-refractivity contribution in [1.29, 1.82) is 0 Å². The molecule has 0 aliphatic carbocycles. The molecule has 1 saturated heterocycles. The number of carbonyl (C=O) groups is 1. The Bertz CT molecular complexity index is 349. The lowest BCUT2D eigenvalue weighted by Crippen LogP contribution is -3.00. The molecule has 0 aromatic rings. The number of rotatable bonds is 11. The molecule has 0 aromatic carbocycles. The molecule has 134 valence electrons. The number of halogens is 1. The second-order valence-corrected chi connectivity index (χ2v) is 6.87. The molecule has 0 radical (unpaired) electrons. The quantitative estimate of drug-likeness (QED) is 0.291. The Morgan fingerprint density at radius 1 is 1.00 bits per heavy atom. The molecular formula is C19H35BrN2O. The fraction of sp³-hybridized carbons (Fsp3) is 0.737. The third-order valence-electron chi connectivity index (χ3n) is 4.79. The fourth-order valence-electron chi connectivity index (χ4n) is 3.12. The second kappa shape index (κ2) is 12.8. The predicted octanol–water partition coefficient (Wildman–Crippen LogP) is 0.772. The molecule has 0 N–H and O–H groups in total. The number of likely N-dealkylation sites (N-methyl/N-ethyl adjacent to an activating group) is 1. The molecule has 1 heterocycles. The molecule has 1 aliphatic rings. The summed E-state index contributed by atoms with van der Waals surface area (Å²) in [6, 6.07) is 0. The Balaban J connectivity index is 0.00000484. The van der Waals surface area contributed by atoms with E-state index in [1.54, 1.807) is 0 Å². The average Bonchev–Trinajstić information content (AvgIpc) is 2.50. The van der Waals surface area contributed by atoms with E-state index in [-0.39, 0.29) is 17.0 Å². The van der Waals surface area contributed by atoms with Crippen molar-refractivity contribution in [2.75, 3.05) is 39.8 Å². The molecular weight excluding hydrogens is 352 g/mol. The van der Waals surface area contributed by atoms with Gasteiger partial charge in [0.15, 0.2) is 0 Å². The summed E-state index contributed by atoms with van der Waals surface area (Å²) in [4.78, 5) is 14.3. The zero-order chi connectivity index (χ0) is 16.3. The first-order valence-corrected chi connectivity index (χ1v) is 8.94. The van der Waals surface area contributed by atoms with Gasteiger partial charge in [0.1, 0.15) is 0 Å². The van der Waals surface area contributed by atoms with Crippen molar-refractivity contribution < 1.29 is 26.3 Å². The van der Waals surface area contributed by atoms with Gasteiger partial charge in [0.25, 0.3) is 0 Å². The van der Waals surface area contributed by atoms with Crippen LogP contribution in [0.5, 0.6) is 0 Å². The Hall–Kier alpha value is -0.610. The van der Waals surface area contributed by atoms with E-state index in [1.165, 1.54) is 32.1 Å². The first-order chi connectivity index (χ1) is 10.6. The highest BCUT2D eigenvalue weighted by atomic mass is 79.9. The fourth-order valence-corrected chi connectivity index (χ4v) is 3.12. The predicted molar refractivity (Wildman–Crippen MR) is 94.7 cm³/mol. The van der Waals surface area contributed by atoms with Crippen molar-refractivity contribution in [1.82, 2.24) is 4.90 Å². The van der Waals surface area contributed by atoms with Crippen LogP contribution in [-0.4, -0.2) is 55.1 Å². The third kappa shape index (κ3) is 9.31. The first kappa shape index (κ1) is 22.4. The smallest absolute Gasteiger partial charge is 0.222 e. The molecule has 1 amide bonds. The van der Waals surface area contributed by atoms with Gasteiger partial charge in [-0.3, -0.25) is 4.79 Å². The molecule has 23 heavy (non-hydrogen) atoms. The van der Waals surface area contributed by atoms with Gasteiger partial charge in [0.2, 0.25) is 5.91 Å². The summed E-state index contributed by atoms with van der Waals surface area (Å²) < 4.78 is 1.03. The summed E-state index contributed by atoms with van der Waals surface area (Å²) in [6.07, 6.45) is 13.2. The van der Waals surface area contributed by atoms with Crippen LogP contribution in [0, 0.1) is 0 Å². The minimum Gasteiger partial charge on any atom is -1.00 e. The van der Waals surface area contributed by atoms with Crippen LogP contribution in [0.2, 0.25) is 0 Å². The number of nitrogens with zero attached hydrogens (tertiary/aromatic N) is 2. The normalized spacial score (nSPS) is 16.5. The van der Waals surface area contributed by atoms with E-state index >= 15 is 0 Å². The van der Waals surface area contributed by atoms with Gasteiger partial charge in [-0.25, -0.2) is 0 Å². The Kier molecular flexibility index (Phi) is 12.4. The second-order valence-electron chi connectivity index (χ2n) is 6.87. The van der Waals surface area contributed by atoms with Gasteiger partial charge in [0.05, 0.1) is 39.8 Å². The topological polar surface area (TPSA) is 20.3 Å². The molecule has 1 aliphatic heterocycles. The average molecular weight is 387 g/mol. The molecule has 0 saturated carbocycles. The van der Waals surface area contributed by atoms with Crippen molar-refractivity contribution >= 4 is 5.91 Å². The maximum absolute atomic E-state index is 12.2. The summed E-state index contributed by atoms with van der Waals surface area (Å²) in [5.74, 6) is 0.358. The number of hydrogen-bond acceptors (Lipinski definition) is 1. The summed E-state index contributed by atoms with van der Waals surface area (Å²) in [7, 11) is 2.26. The monoisotopic (exact) mass is 386 g/mol. The summed E-state index contributed by atoms with van der Waals surface area (Å²) >= 11 is 0.